The summed E-state index contributed by atoms with van der Waals surface area (Å²) in [7, 11) is 0. The molecule has 4 nitrogen and oxygen atoms in total. The summed E-state index contributed by atoms with van der Waals surface area (Å²) in [5, 5.41) is 0. The first-order valence-electron chi connectivity index (χ1n) is 2.40. The maximum atomic E-state index is 11.9. The summed E-state index contributed by atoms with van der Waals surface area (Å²) in [6.07, 6.45) is 2.12. The maximum Gasteiger partial charge on any atom is 0.309 e. The molecule has 0 saturated carbocycles. The van der Waals surface area contributed by atoms with Crippen molar-refractivity contribution < 1.29 is 9.18 Å². The van der Waals surface area contributed by atoms with E-state index in [4.69, 9.17) is 5.73 Å². The predicted octanol–water partition coefficient (Wildman–Crippen LogP) is -0.485. The fourth-order valence-electron chi connectivity index (χ4n) is 0.401. The van der Waals surface area contributed by atoms with Gasteiger partial charge in [0.05, 0.1) is 5.56 Å². The van der Waals surface area contributed by atoms with Crippen molar-refractivity contribution in [2.45, 2.75) is 0 Å². The molecule has 2 N–H and O–H groups in total. The van der Waals surface area contributed by atoms with Gasteiger partial charge in [0.15, 0.2) is 0 Å². The first-order chi connectivity index (χ1) is 4.70. The van der Waals surface area contributed by atoms with Crippen molar-refractivity contribution in [1.29, 1.82) is 0 Å². The van der Waals surface area contributed by atoms with Crippen LogP contribution in [0.1, 0.15) is 10.4 Å². The third-order valence-electron chi connectivity index (χ3n) is 0.834. The molecular formula is C5H3FN3O. The van der Waals surface area contributed by atoms with Gasteiger partial charge >= 0.3 is 6.08 Å². The van der Waals surface area contributed by atoms with Gasteiger partial charge in [-0.25, -0.2) is 4.98 Å². The lowest BCUT2D eigenvalue weighted by Gasteiger charge is -1.89. The van der Waals surface area contributed by atoms with Gasteiger partial charge in [0.2, 0.25) is 0 Å². The number of nitrogens with two attached hydrogens (primary N) is 1. The molecule has 1 rings (SSSR count). The number of carbonyl (C=O) groups excluding carboxylic acids is 1. The molecular weight excluding hydrogens is 137 g/mol. The quantitative estimate of drug-likeness (QED) is 0.535. The van der Waals surface area contributed by atoms with Crippen molar-refractivity contribution in [2.75, 3.05) is 0 Å². The Labute approximate surface area is 55.9 Å². The van der Waals surface area contributed by atoms with Crippen LogP contribution in [0.25, 0.3) is 0 Å². The van der Waals surface area contributed by atoms with Gasteiger partial charge in [0.1, 0.15) is 6.20 Å². The third kappa shape index (κ3) is 1.25. The van der Waals surface area contributed by atoms with Gasteiger partial charge in [-0.05, 0) is 0 Å². The van der Waals surface area contributed by atoms with Crippen LogP contribution in [0.4, 0.5) is 4.39 Å². The van der Waals surface area contributed by atoms with E-state index in [1.165, 1.54) is 0 Å². The molecule has 10 heavy (non-hydrogen) atoms. The molecule has 0 aromatic carbocycles. The highest BCUT2D eigenvalue weighted by molar-refractivity contribution is 5.91. The van der Waals surface area contributed by atoms with Crippen LogP contribution in [0.15, 0.2) is 6.20 Å². The molecule has 0 aliphatic heterocycles. The summed E-state index contributed by atoms with van der Waals surface area (Å²) in [5.41, 5.74) is 4.76. The normalized spacial score (nSPS) is 9.30. The van der Waals surface area contributed by atoms with E-state index in [1.807, 2.05) is 0 Å². The molecule has 0 aliphatic rings. The summed E-state index contributed by atoms with van der Waals surface area (Å²) in [5.74, 6) is -0.722. The van der Waals surface area contributed by atoms with Crippen LogP contribution in [-0.4, -0.2) is 15.9 Å². The highest BCUT2D eigenvalue weighted by Crippen LogP contribution is 1.90. The number of nitrogens with zero attached hydrogens (tertiary/aromatic N) is 2. The average molecular weight is 140 g/mol. The van der Waals surface area contributed by atoms with E-state index in [-0.39, 0.29) is 5.56 Å². The molecule has 0 fully saturated rings. The molecule has 51 valence electrons. The Morgan fingerprint density at radius 3 is 2.90 bits per heavy atom. The second-order valence-corrected chi connectivity index (χ2v) is 1.53. The van der Waals surface area contributed by atoms with Crippen LogP contribution in [0.2, 0.25) is 0 Å². The SMILES string of the molecule is NC(=O)c1[c]nc(F)nc1. The van der Waals surface area contributed by atoms with Gasteiger partial charge in [-0.2, -0.15) is 9.37 Å². The van der Waals surface area contributed by atoms with Crippen molar-refractivity contribution in [1.82, 2.24) is 9.97 Å². The molecule has 0 aliphatic carbocycles. The zero-order valence-corrected chi connectivity index (χ0v) is 4.84. The minimum Gasteiger partial charge on any atom is -0.365 e. The van der Waals surface area contributed by atoms with Crippen LogP contribution < -0.4 is 5.73 Å². The Morgan fingerprint density at radius 2 is 2.50 bits per heavy atom. The van der Waals surface area contributed by atoms with Crippen LogP contribution in [0, 0.1) is 12.3 Å². The standard InChI is InChI=1S/C5H3FN3O/c6-5-8-1-3(2-9-5)4(7)10/h1H,(H2,7,10). The second kappa shape index (κ2) is 2.38. The molecule has 1 aromatic heterocycles. The topological polar surface area (TPSA) is 68.9 Å². The summed E-state index contributed by atoms with van der Waals surface area (Å²) < 4.78 is 11.9. The molecule has 0 bridgehead atoms. The minimum absolute atomic E-state index is 0.0265. The smallest absolute Gasteiger partial charge is 0.309 e. The van der Waals surface area contributed by atoms with E-state index in [0.29, 0.717) is 0 Å². The molecule has 0 saturated heterocycles. The van der Waals surface area contributed by atoms with E-state index in [9.17, 15) is 9.18 Å². The molecule has 1 aromatic rings. The second-order valence-electron chi connectivity index (χ2n) is 1.53. The van der Waals surface area contributed by atoms with Crippen molar-refractivity contribution in [3.63, 3.8) is 0 Å². The molecule has 1 heterocycles. The van der Waals surface area contributed by atoms with Crippen molar-refractivity contribution >= 4 is 5.91 Å². The van der Waals surface area contributed by atoms with E-state index in [0.717, 1.165) is 6.20 Å². The zero-order valence-electron chi connectivity index (χ0n) is 4.84. The number of amides is 1. The first-order valence-corrected chi connectivity index (χ1v) is 2.40. The fraction of sp³-hybridized carbons (Fsp3) is 0. The van der Waals surface area contributed by atoms with E-state index < -0.39 is 12.0 Å². The minimum atomic E-state index is -0.926. The Kier molecular flexibility index (Phi) is 1.57. The Morgan fingerprint density at radius 1 is 1.80 bits per heavy atom. The number of primary amides is 1. The predicted molar refractivity (Wildman–Crippen MR) is 29.3 cm³/mol. The van der Waals surface area contributed by atoms with Crippen LogP contribution >= 0.6 is 0 Å². The maximum absolute atomic E-state index is 11.9. The number of hydrogen-bond acceptors (Lipinski definition) is 3. The van der Waals surface area contributed by atoms with Gasteiger partial charge in [0.25, 0.3) is 5.91 Å². The van der Waals surface area contributed by atoms with E-state index in [2.05, 4.69) is 16.2 Å². The lowest BCUT2D eigenvalue weighted by atomic mass is 10.3. The van der Waals surface area contributed by atoms with E-state index >= 15 is 0 Å². The van der Waals surface area contributed by atoms with Gasteiger partial charge in [-0.15, -0.1) is 0 Å². The van der Waals surface area contributed by atoms with Crippen LogP contribution in [-0.2, 0) is 0 Å². The fourth-order valence-corrected chi connectivity index (χ4v) is 0.401. The van der Waals surface area contributed by atoms with Crippen molar-refractivity contribution in [3.05, 3.63) is 24.0 Å². The number of hydrogen-bond donors (Lipinski definition) is 1. The van der Waals surface area contributed by atoms with Gasteiger partial charge in [-0.1, -0.05) is 0 Å². The number of rotatable bonds is 1. The summed E-state index contributed by atoms with van der Waals surface area (Å²) in [4.78, 5) is 16.4. The van der Waals surface area contributed by atoms with Crippen molar-refractivity contribution in [2.24, 2.45) is 5.73 Å². The lowest BCUT2D eigenvalue weighted by Crippen LogP contribution is -2.12. The van der Waals surface area contributed by atoms with Gasteiger partial charge in [-0.3, -0.25) is 4.79 Å². The molecule has 1 amide bonds. The average Bonchev–Trinajstić information content (AvgIpc) is 1.88. The van der Waals surface area contributed by atoms with Crippen molar-refractivity contribution in [3.8, 4) is 0 Å². The van der Waals surface area contributed by atoms with Crippen LogP contribution in [0.3, 0.4) is 0 Å². The number of halogens is 1. The molecule has 1 radical (unpaired) electrons. The first kappa shape index (κ1) is 6.60. The van der Waals surface area contributed by atoms with E-state index in [1.54, 1.807) is 0 Å². The highest BCUT2D eigenvalue weighted by atomic mass is 19.1. The summed E-state index contributed by atoms with van der Waals surface area (Å²) >= 11 is 0. The number of aromatic nitrogens is 2. The largest absolute Gasteiger partial charge is 0.365 e. The molecule has 0 atom stereocenters. The Hall–Kier alpha value is -1.52. The molecule has 0 spiro atoms. The Balaban J connectivity index is 3.00. The lowest BCUT2D eigenvalue weighted by molar-refractivity contribution is 0.0999. The molecule has 5 heteroatoms. The van der Waals surface area contributed by atoms with Crippen LogP contribution in [0.5, 0.6) is 0 Å². The third-order valence-corrected chi connectivity index (χ3v) is 0.834. The summed E-state index contributed by atoms with van der Waals surface area (Å²) in [6.45, 7) is 0. The Bertz CT molecular complexity index is 246. The molecule has 0 unspecified atom stereocenters. The summed E-state index contributed by atoms with van der Waals surface area (Å²) in [6, 6.07) is 0. The number of carbonyl (C=O) groups is 1. The van der Waals surface area contributed by atoms with Gasteiger partial charge in [0, 0.05) is 6.20 Å². The van der Waals surface area contributed by atoms with Gasteiger partial charge < -0.3 is 5.73 Å². The zero-order chi connectivity index (χ0) is 7.56. The highest BCUT2D eigenvalue weighted by Gasteiger charge is 2.00. The monoisotopic (exact) mass is 140 g/mol.